The van der Waals surface area contributed by atoms with Crippen LogP contribution in [0.2, 0.25) is 0 Å². The molecule has 0 unspecified atom stereocenters. The summed E-state index contributed by atoms with van der Waals surface area (Å²) in [6, 6.07) is 0. The number of nitrogens with one attached hydrogen (secondary N) is 6. The largest absolute Gasteiger partial charge is 0.382 e. The van der Waals surface area contributed by atoms with Crippen LogP contribution in [0.5, 0.6) is 0 Å². The molecule has 8 amide bonds. The molecule has 36 nitrogen and oxygen atoms in total. The molecule has 6 aromatic heterocycles. The van der Waals surface area contributed by atoms with Crippen molar-refractivity contribution in [3.8, 4) is 0 Å². The van der Waals surface area contributed by atoms with Gasteiger partial charge in [0.1, 0.15) is 38.0 Å². The number of hydrogen-bond donors (Lipinski definition) is 10. The number of aromatic nitrogens is 12. The molecule has 0 bridgehead atoms. The minimum absolute atomic E-state index is 0.00470. The number of aryl methyl sites for hydroxylation is 2. The standard InChI is InChI=1S/C44H57N23O13/c1-24-11-64(43(79)58-39(24)76)17-30(72)61(13-26(46)68)8-4-49-28(70)15-62(31(73)18-65-12-25(2)40(77)59-44(65)80)9-5-51-29(71)16-63(33(75)20-67-23-55-35-38(67)56-42(48)57-41(35)78)10-6-50-27(69)14-60(7-3-45)32(74)19-66-22-54-34-36(47)52-21-53-37(34)66/h11-12,21-23H,3-10,13-20,45H2,1-2H3,(H2,46,68)(H,49,70)(H,50,69)(H,51,71)(H2,47,52,53)(H,58,76,79)(H,59,77,80)(H3,48,56,57,78). The first-order valence-corrected chi connectivity index (χ1v) is 24.1. The van der Waals surface area contributed by atoms with E-state index in [-0.39, 0.29) is 97.6 Å². The number of imidazole rings is 2. The third-order valence-corrected chi connectivity index (χ3v) is 11.8. The summed E-state index contributed by atoms with van der Waals surface area (Å²) < 4.78 is 4.43. The molecular formula is C44H57N23O13. The number of rotatable bonds is 27. The lowest BCUT2D eigenvalue weighted by atomic mass is 10.3. The molecule has 0 saturated carbocycles. The second kappa shape index (κ2) is 26.6. The first-order valence-electron chi connectivity index (χ1n) is 24.1. The molecule has 426 valence electrons. The summed E-state index contributed by atoms with van der Waals surface area (Å²) in [5, 5.41) is 7.68. The van der Waals surface area contributed by atoms with Crippen molar-refractivity contribution >= 4 is 81.4 Å². The summed E-state index contributed by atoms with van der Waals surface area (Å²) >= 11 is 0. The van der Waals surface area contributed by atoms with Gasteiger partial charge in [-0.1, -0.05) is 0 Å². The Morgan fingerprint density at radius 3 is 1.39 bits per heavy atom. The quantitative estimate of drug-likeness (QED) is 0.0229. The highest BCUT2D eigenvalue weighted by molar-refractivity contribution is 5.88. The second-order valence-electron chi connectivity index (χ2n) is 17.8. The highest BCUT2D eigenvalue weighted by Gasteiger charge is 2.25. The Kier molecular flexibility index (Phi) is 19.5. The van der Waals surface area contributed by atoms with Gasteiger partial charge in [0.05, 0.1) is 38.8 Å². The number of fused-ring (bicyclic) bond motifs is 2. The van der Waals surface area contributed by atoms with E-state index in [4.69, 9.17) is 22.9 Å². The number of nitrogens with zero attached hydrogens (tertiary/aromatic N) is 13. The Bertz CT molecular complexity index is 3650. The van der Waals surface area contributed by atoms with E-state index >= 15 is 0 Å². The number of carbonyl (C=O) groups excluding carboxylic acids is 8. The van der Waals surface area contributed by atoms with Gasteiger partial charge >= 0.3 is 11.4 Å². The average Bonchev–Trinajstić information content (AvgIpc) is 4.00. The van der Waals surface area contributed by atoms with Crippen LogP contribution in [0.1, 0.15) is 11.1 Å². The van der Waals surface area contributed by atoms with Gasteiger partial charge < -0.3 is 67.6 Å². The molecular weight excluding hydrogens is 1060 g/mol. The van der Waals surface area contributed by atoms with Crippen molar-refractivity contribution in [3.05, 3.63) is 94.5 Å². The lowest BCUT2D eigenvalue weighted by molar-refractivity contribution is -0.138. The van der Waals surface area contributed by atoms with Crippen molar-refractivity contribution < 1.29 is 38.4 Å². The normalized spacial score (nSPS) is 11.0. The summed E-state index contributed by atoms with van der Waals surface area (Å²) in [6.07, 6.45) is 5.98. The number of amides is 8. The molecule has 6 aromatic rings. The number of carbonyl (C=O) groups is 8. The van der Waals surface area contributed by atoms with E-state index in [9.17, 15) is 62.3 Å². The van der Waals surface area contributed by atoms with Crippen molar-refractivity contribution in [2.24, 2.45) is 11.5 Å². The van der Waals surface area contributed by atoms with Gasteiger partial charge in [-0.15, -0.1) is 0 Å². The van der Waals surface area contributed by atoms with Crippen molar-refractivity contribution in [2.75, 3.05) is 90.0 Å². The van der Waals surface area contributed by atoms with Crippen LogP contribution >= 0.6 is 0 Å². The van der Waals surface area contributed by atoms with E-state index in [1.165, 1.54) is 40.5 Å². The number of primary amides is 1. The fraction of sp³-hybridized carbons (Fsp3) is 0.409. The topological polar surface area (TPSA) is 507 Å². The van der Waals surface area contributed by atoms with Gasteiger partial charge in [0.15, 0.2) is 22.6 Å². The summed E-state index contributed by atoms with van der Waals surface area (Å²) in [7, 11) is 0. The zero-order chi connectivity index (χ0) is 58.4. The predicted octanol–water partition coefficient (Wildman–Crippen LogP) is -9.05. The van der Waals surface area contributed by atoms with Gasteiger partial charge in [-0.25, -0.2) is 29.5 Å². The minimum atomic E-state index is -0.941. The van der Waals surface area contributed by atoms with Crippen LogP contribution in [0.3, 0.4) is 0 Å². The second-order valence-corrected chi connectivity index (χ2v) is 17.8. The molecule has 0 spiro atoms. The molecule has 0 radical (unpaired) electrons. The summed E-state index contributed by atoms with van der Waals surface area (Å²) in [4.78, 5) is 198. The molecule has 0 saturated heterocycles. The summed E-state index contributed by atoms with van der Waals surface area (Å²) in [5.41, 5.74) is 19.4. The number of aromatic amines is 3. The molecule has 6 heterocycles. The molecule has 80 heavy (non-hydrogen) atoms. The zero-order valence-corrected chi connectivity index (χ0v) is 43.1. The number of hydrogen-bond acceptors (Lipinski definition) is 21. The maximum atomic E-state index is 14.0. The Morgan fingerprint density at radius 1 is 0.525 bits per heavy atom. The first-order chi connectivity index (χ1) is 38.0. The molecule has 0 aromatic carbocycles. The van der Waals surface area contributed by atoms with Crippen molar-refractivity contribution in [1.82, 2.24) is 93.7 Å². The van der Waals surface area contributed by atoms with Crippen LogP contribution in [-0.4, -0.2) is 204 Å². The molecule has 14 N–H and O–H groups in total. The Hall–Kier alpha value is -10.4. The Balaban J connectivity index is 1.11. The fourth-order valence-electron chi connectivity index (χ4n) is 7.75. The van der Waals surface area contributed by atoms with E-state index in [1.807, 2.05) is 0 Å². The third kappa shape index (κ3) is 15.6. The van der Waals surface area contributed by atoms with E-state index in [0.717, 1.165) is 42.6 Å². The molecule has 0 aliphatic carbocycles. The summed E-state index contributed by atoms with van der Waals surface area (Å²) in [5.74, 6) is -6.26. The third-order valence-electron chi connectivity index (χ3n) is 11.8. The first kappa shape index (κ1) is 58.8. The lowest BCUT2D eigenvalue weighted by Gasteiger charge is -2.25. The van der Waals surface area contributed by atoms with Crippen LogP contribution in [0.4, 0.5) is 11.8 Å². The number of anilines is 2. The molecule has 0 fully saturated rings. The van der Waals surface area contributed by atoms with Gasteiger partial charge in [-0.3, -0.25) is 76.8 Å². The average molecular weight is 1120 g/mol. The van der Waals surface area contributed by atoms with E-state index in [1.54, 1.807) is 0 Å². The molecule has 6 rings (SSSR count). The van der Waals surface area contributed by atoms with Crippen molar-refractivity contribution in [2.45, 2.75) is 40.0 Å². The highest BCUT2D eigenvalue weighted by atomic mass is 16.2. The smallest absolute Gasteiger partial charge is 0.328 e. The van der Waals surface area contributed by atoms with Gasteiger partial charge in [0.25, 0.3) is 16.7 Å². The molecule has 0 atom stereocenters. The Labute approximate surface area is 448 Å². The van der Waals surface area contributed by atoms with E-state index in [0.29, 0.717) is 0 Å². The predicted molar refractivity (Wildman–Crippen MR) is 278 cm³/mol. The number of nitrogen functional groups attached to an aromatic ring is 2. The van der Waals surface area contributed by atoms with Crippen molar-refractivity contribution in [1.29, 1.82) is 0 Å². The van der Waals surface area contributed by atoms with Crippen LogP contribution in [0.15, 0.2) is 55.3 Å². The molecule has 36 heteroatoms. The van der Waals surface area contributed by atoms with E-state index in [2.05, 4.69) is 55.8 Å². The molecule has 0 aliphatic heterocycles. The lowest BCUT2D eigenvalue weighted by Crippen LogP contribution is -2.50. The maximum absolute atomic E-state index is 14.0. The number of H-pyrrole nitrogens is 3. The number of nitrogens with two attached hydrogens (primary N) is 4. The van der Waals surface area contributed by atoms with Crippen molar-refractivity contribution in [3.63, 3.8) is 0 Å². The SMILES string of the molecule is Cc1cn(CC(=O)N(CCNC(=O)CN(CCNC(=O)CN(CCNC(=O)CN(CCN)C(=O)Cn2cnc3c(N)ncnc32)C(=O)Cn2cnc3c(=O)[nH]c(N)nc32)C(=O)Cn2cc(C)c(=O)[nH]c2=O)CC(N)=O)c(=O)[nH]c1=O. The maximum Gasteiger partial charge on any atom is 0.328 e. The highest BCUT2D eigenvalue weighted by Crippen LogP contribution is 2.14. The van der Waals surface area contributed by atoms with Gasteiger partial charge in [0, 0.05) is 75.9 Å². The summed E-state index contributed by atoms with van der Waals surface area (Å²) in [6.45, 7) is -3.73. The van der Waals surface area contributed by atoms with Crippen LogP contribution in [0.25, 0.3) is 22.3 Å². The van der Waals surface area contributed by atoms with Gasteiger partial charge in [0.2, 0.25) is 53.2 Å². The minimum Gasteiger partial charge on any atom is -0.382 e. The Morgan fingerprint density at radius 2 is 0.938 bits per heavy atom. The fourth-order valence-corrected chi connectivity index (χ4v) is 7.75. The monoisotopic (exact) mass is 1120 g/mol. The van der Waals surface area contributed by atoms with Crippen LogP contribution in [-0.2, 0) is 64.5 Å². The van der Waals surface area contributed by atoms with Crippen LogP contribution in [0, 0.1) is 13.8 Å². The molecule has 0 aliphatic rings. The van der Waals surface area contributed by atoms with Gasteiger partial charge in [-0.2, -0.15) is 4.98 Å². The van der Waals surface area contributed by atoms with Gasteiger partial charge in [-0.05, 0) is 13.8 Å². The van der Waals surface area contributed by atoms with Crippen LogP contribution < -0.4 is 66.9 Å². The van der Waals surface area contributed by atoms with E-state index < -0.39 is 128 Å². The zero-order valence-electron chi connectivity index (χ0n) is 43.1.